The predicted molar refractivity (Wildman–Crippen MR) is 74.5 cm³/mol. The molecule has 0 bridgehead atoms. The molecule has 0 unspecified atom stereocenters. The fourth-order valence-corrected chi connectivity index (χ4v) is 2.52. The van der Waals surface area contributed by atoms with Crippen LogP contribution in [0.15, 0.2) is 18.2 Å². The molecule has 3 nitrogen and oxygen atoms in total. The number of rotatable bonds is 4. The molecule has 0 aromatic heterocycles. The van der Waals surface area contributed by atoms with E-state index in [2.05, 4.69) is 12.2 Å². The van der Waals surface area contributed by atoms with E-state index in [0.717, 1.165) is 24.2 Å². The monoisotopic (exact) mass is 246 g/mol. The Bertz CT molecular complexity index is 444. The van der Waals surface area contributed by atoms with Crippen molar-refractivity contribution in [2.45, 2.75) is 39.5 Å². The van der Waals surface area contributed by atoms with Gasteiger partial charge in [-0.25, -0.2) is 0 Å². The molecular formula is C15H22N2O. The Morgan fingerprint density at radius 2 is 2.17 bits per heavy atom. The Morgan fingerprint density at radius 3 is 2.67 bits per heavy atom. The maximum atomic E-state index is 12.1. The van der Waals surface area contributed by atoms with Gasteiger partial charge in [-0.3, -0.25) is 4.79 Å². The molecule has 1 fully saturated rings. The molecule has 0 atom stereocenters. The van der Waals surface area contributed by atoms with Crippen LogP contribution >= 0.6 is 0 Å². The lowest BCUT2D eigenvalue weighted by Crippen LogP contribution is -2.41. The van der Waals surface area contributed by atoms with Gasteiger partial charge in [-0.15, -0.1) is 0 Å². The lowest BCUT2D eigenvalue weighted by Gasteiger charge is -2.41. The average molecular weight is 246 g/mol. The molecule has 2 rings (SSSR count). The SMILES string of the molecule is CCC1(CNC(=O)c2ccc(N)c(C)c2)CCC1. The maximum Gasteiger partial charge on any atom is 0.251 e. The predicted octanol–water partition coefficient (Wildman–Crippen LogP) is 2.89. The van der Waals surface area contributed by atoms with E-state index in [1.807, 2.05) is 13.0 Å². The van der Waals surface area contributed by atoms with E-state index < -0.39 is 0 Å². The highest BCUT2D eigenvalue weighted by Crippen LogP contribution is 2.43. The zero-order chi connectivity index (χ0) is 13.2. The van der Waals surface area contributed by atoms with Crippen LogP contribution in [0, 0.1) is 12.3 Å². The number of anilines is 1. The molecule has 3 N–H and O–H groups in total. The third-order valence-electron chi connectivity index (χ3n) is 4.32. The van der Waals surface area contributed by atoms with Gasteiger partial charge < -0.3 is 11.1 Å². The Hall–Kier alpha value is -1.51. The molecule has 18 heavy (non-hydrogen) atoms. The van der Waals surface area contributed by atoms with Crippen LogP contribution in [0.4, 0.5) is 5.69 Å². The molecule has 98 valence electrons. The molecule has 0 spiro atoms. The molecule has 3 heteroatoms. The average Bonchev–Trinajstić information content (AvgIpc) is 2.31. The Labute approximate surface area is 109 Å². The summed E-state index contributed by atoms with van der Waals surface area (Å²) >= 11 is 0. The Morgan fingerprint density at radius 1 is 1.44 bits per heavy atom. The second kappa shape index (κ2) is 5.01. The van der Waals surface area contributed by atoms with Crippen molar-refractivity contribution in [3.63, 3.8) is 0 Å². The van der Waals surface area contributed by atoms with Crippen molar-refractivity contribution in [1.29, 1.82) is 0 Å². The van der Waals surface area contributed by atoms with Crippen LogP contribution in [0.1, 0.15) is 48.5 Å². The first-order chi connectivity index (χ1) is 8.56. The van der Waals surface area contributed by atoms with E-state index in [4.69, 9.17) is 5.73 Å². The standard InChI is InChI=1S/C15H22N2O/c1-3-15(7-4-8-15)10-17-14(18)12-5-6-13(16)11(2)9-12/h5-6,9H,3-4,7-8,10,16H2,1-2H3,(H,17,18). The minimum absolute atomic E-state index is 0.0119. The van der Waals surface area contributed by atoms with Gasteiger partial charge in [-0.05, 0) is 55.4 Å². The smallest absolute Gasteiger partial charge is 0.251 e. The summed E-state index contributed by atoms with van der Waals surface area (Å²) in [6, 6.07) is 5.43. The van der Waals surface area contributed by atoms with E-state index in [0.29, 0.717) is 11.0 Å². The van der Waals surface area contributed by atoms with Crippen molar-refractivity contribution >= 4 is 11.6 Å². The van der Waals surface area contributed by atoms with Crippen molar-refractivity contribution in [2.75, 3.05) is 12.3 Å². The van der Waals surface area contributed by atoms with Gasteiger partial charge in [-0.1, -0.05) is 13.3 Å². The molecule has 0 saturated heterocycles. The van der Waals surface area contributed by atoms with Gasteiger partial charge in [0.15, 0.2) is 0 Å². The molecule has 1 aromatic rings. The lowest BCUT2D eigenvalue weighted by atomic mass is 9.67. The highest BCUT2D eigenvalue weighted by atomic mass is 16.1. The topological polar surface area (TPSA) is 55.1 Å². The maximum absolute atomic E-state index is 12.1. The normalized spacial score (nSPS) is 17.0. The van der Waals surface area contributed by atoms with Gasteiger partial charge in [0.2, 0.25) is 0 Å². The van der Waals surface area contributed by atoms with Gasteiger partial charge in [0, 0.05) is 17.8 Å². The van der Waals surface area contributed by atoms with E-state index >= 15 is 0 Å². The first kappa shape index (κ1) is 12.9. The van der Waals surface area contributed by atoms with Crippen LogP contribution in [-0.4, -0.2) is 12.5 Å². The van der Waals surface area contributed by atoms with Gasteiger partial charge in [0.25, 0.3) is 5.91 Å². The largest absolute Gasteiger partial charge is 0.399 e. The summed E-state index contributed by atoms with van der Waals surface area (Å²) in [4.78, 5) is 12.1. The second-order valence-electron chi connectivity index (χ2n) is 5.46. The minimum Gasteiger partial charge on any atom is -0.399 e. The van der Waals surface area contributed by atoms with E-state index in [1.165, 1.54) is 19.3 Å². The molecule has 1 saturated carbocycles. The number of amides is 1. The third-order valence-corrected chi connectivity index (χ3v) is 4.32. The van der Waals surface area contributed by atoms with Crippen LogP contribution in [0.25, 0.3) is 0 Å². The van der Waals surface area contributed by atoms with Crippen molar-refractivity contribution in [1.82, 2.24) is 5.32 Å². The lowest BCUT2D eigenvalue weighted by molar-refractivity contribution is 0.0850. The number of nitrogens with two attached hydrogens (primary N) is 1. The fourth-order valence-electron chi connectivity index (χ4n) is 2.52. The highest BCUT2D eigenvalue weighted by Gasteiger charge is 2.35. The van der Waals surface area contributed by atoms with Crippen LogP contribution in [0.5, 0.6) is 0 Å². The summed E-state index contributed by atoms with van der Waals surface area (Å²) in [5, 5.41) is 3.06. The van der Waals surface area contributed by atoms with Crippen LogP contribution in [0.2, 0.25) is 0 Å². The molecule has 1 aliphatic carbocycles. The van der Waals surface area contributed by atoms with E-state index in [9.17, 15) is 4.79 Å². The zero-order valence-corrected chi connectivity index (χ0v) is 11.3. The number of carbonyl (C=O) groups is 1. The van der Waals surface area contributed by atoms with Crippen LogP contribution < -0.4 is 11.1 Å². The Balaban J connectivity index is 1.97. The third kappa shape index (κ3) is 2.50. The molecule has 1 amide bonds. The second-order valence-corrected chi connectivity index (χ2v) is 5.46. The van der Waals surface area contributed by atoms with Crippen molar-refractivity contribution < 1.29 is 4.79 Å². The minimum atomic E-state index is 0.0119. The molecule has 1 aliphatic rings. The van der Waals surface area contributed by atoms with Gasteiger partial charge in [-0.2, -0.15) is 0 Å². The summed E-state index contributed by atoms with van der Waals surface area (Å²) in [5.41, 5.74) is 8.50. The summed E-state index contributed by atoms with van der Waals surface area (Å²) < 4.78 is 0. The molecular weight excluding hydrogens is 224 g/mol. The number of benzene rings is 1. The summed E-state index contributed by atoms with van der Waals surface area (Å²) in [6.45, 7) is 4.93. The number of carbonyl (C=O) groups excluding carboxylic acids is 1. The van der Waals surface area contributed by atoms with Gasteiger partial charge in [0.05, 0.1) is 0 Å². The van der Waals surface area contributed by atoms with Crippen molar-refractivity contribution in [3.05, 3.63) is 29.3 Å². The molecule has 0 radical (unpaired) electrons. The number of hydrogen-bond donors (Lipinski definition) is 2. The number of hydrogen-bond acceptors (Lipinski definition) is 2. The quantitative estimate of drug-likeness (QED) is 0.803. The fraction of sp³-hybridized carbons (Fsp3) is 0.533. The summed E-state index contributed by atoms with van der Waals surface area (Å²) in [6.07, 6.45) is 4.92. The van der Waals surface area contributed by atoms with Gasteiger partial charge >= 0.3 is 0 Å². The molecule has 0 aliphatic heterocycles. The number of nitrogen functional groups attached to an aromatic ring is 1. The highest BCUT2D eigenvalue weighted by molar-refractivity contribution is 5.94. The first-order valence-corrected chi connectivity index (χ1v) is 6.71. The molecule has 0 heterocycles. The first-order valence-electron chi connectivity index (χ1n) is 6.71. The van der Waals surface area contributed by atoms with Crippen LogP contribution in [-0.2, 0) is 0 Å². The summed E-state index contributed by atoms with van der Waals surface area (Å²) in [5.74, 6) is 0.0119. The van der Waals surface area contributed by atoms with Crippen LogP contribution in [0.3, 0.4) is 0 Å². The Kier molecular flexibility index (Phi) is 3.60. The van der Waals surface area contributed by atoms with E-state index in [1.54, 1.807) is 12.1 Å². The zero-order valence-electron chi connectivity index (χ0n) is 11.3. The number of aryl methyl sites for hydroxylation is 1. The van der Waals surface area contributed by atoms with E-state index in [-0.39, 0.29) is 5.91 Å². The summed E-state index contributed by atoms with van der Waals surface area (Å²) in [7, 11) is 0. The molecule has 1 aromatic carbocycles. The van der Waals surface area contributed by atoms with Crippen molar-refractivity contribution in [3.8, 4) is 0 Å². The van der Waals surface area contributed by atoms with Crippen molar-refractivity contribution in [2.24, 2.45) is 5.41 Å². The number of nitrogens with one attached hydrogen (secondary N) is 1. The van der Waals surface area contributed by atoms with Gasteiger partial charge in [0.1, 0.15) is 0 Å².